The fourth-order valence-corrected chi connectivity index (χ4v) is 3.87. The predicted molar refractivity (Wildman–Crippen MR) is 131 cm³/mol. The number of aliphatic carboxylic acids is 1. The number of fused-ring (bicyclic) bond motifs is 1. The van der Waals surface area contributed by atoms with E-state index in [-0.39, 0.29) is 19.6 Å². The lowest BCUT2D eigenvalue weighted by atomic mass is 9.99. The van der Waals surface area contributed by atoms with Crippen molar-refractivity contribution in [2.45, 2.75) is 26.1 Å². The number of nitrogens with one attached hydrogen (secondary N) is 1. The van der Waals surface area contributed by atoms with Crippen molar-refractivity contribution in [3.05, 3.63) is 89.2 Å². The fourth-order valence-electron chi connectivity index (χ4n) is 3.87. The minimum Gasteiger partial charge on any atom is -0.489 e. The zero-order chi connectivity index (χ0) is 24.8. The SMILES string of the molecule is COC(=O)NCc1cc2cc(COc3ccccc3CC(=O)O)cc(-c3cccc(CN)c3)c2o1. The molecule has 0 unspecified atom stereocenters. The predicted octanol–water partition coefficient (Wildman–Crippen LogP) is 4.62. The summed E-state index contributed by atoms with van der Waals surface area (Å²) in [5, 5.41) is 12.7. The molecule has 0 saturated carbocycles. The van der Waals surface area contributed by atoms with Crippen LogP contribution in [0.2, 0.25) is 0 Å². The molecule has 3 aromatic carbocycles. The van der Waals surface area contributed by atoms with E-state index in [1.807, 2.05) is 48.5 Å². The van der Waals surface area contributed by atoms with Crippen LogP contribution in [0.3, 0.4) is 0 Å². The first-order valence-corrected chi connectivity index (χ1v) is 11.1. The Hall–Kier alpha value is -4.30. The van der Waals surface area contributed by atoms with Gasteiger partial charge < -0.3 is 30.0 Å². The maximum absolute atomic E-state index is 11.5. The largest absolute Gasteiger partial charge is 0.489 e. The topological polar surface area (TPSA) is 124 Å². The van der Waals surface area contributed by atoms with Gasteiger partial charge in [-0.3, -0.25) is 4.79 Å². The zero-order valence-corrected chi connectivity index (χ0v) is 19.2. The molecule has 1 heterocycles. The molecular formula is C27H26N2O6. The van der Waals surface area contributed by atoms with E-state index >= 15 is 0 Å². The van der Waals surface area contributed by atoms with Gasteiger partial charge in [0.2, 0.25) is 0 Å². The molecule has 35 heavy (non-hydrogen) atoms. The van der Waals surface area contributed by atoms with Gasteiger partial charge in [-0.25, -0.2) is 4.79 Å². The van der Waals surface area contributed by atoms with Crippen LogP contribution in [0.4, 0.5) is 4.79 Å². The third-order valence-corrected chi connectivity index (χ3v) is 5.50. The number of ether oxygens (including phenoxy) is 2. The molecule has 8 nitrogen and oxygen atoms in total. The van der Waals surface area contributed by atoms with Crippen molar-refractivity contribution in [3.8, 4) is 16.9 Å². The number of carbonyl (C=O) groups excluding carboxylic acids is 1. The molecule has 0 bridgehead atoms. The number of carboxylic acids is 1. The van der Waals surface area contributed by atoms with Gasteiger partial charge >= 0.3 is 12.1 Å². The van der Waals surface area contributed by atoms with Crippen LogP contribution < -0.4 is 15.8 Å². The van der Waals surface area contributed by atoms with Gasteiger partial charge in [-0.1, -0.05) is 36.4 Å². The van der Waals surface area contributed by atoms with Gasteiger partial charge in [0, 0.05) is 23.1 Å². The number of alkyl carbamates (subject to hydrolysis) is 1. The Bertz CT molecular complexity index is 1360. The summed E-state index contributed by atoms with van der Waals surface area (Å²) < 4.78 is 16.8. The second-order valence-electron chi connectivity index (χ2n) is 7.99. The Morgan fingerprint density at radius 3 is 2.63 bits per heavy atom. The molecule has 0 spiro atoms. The molecule has 0 saturated heterocycles. The third-order valence-electron chi connectivity index (χ3n) is 5.50. The number of rotatable bonds is 9. The van der Waals surface area contributed by atoms with Crippen LogP contribution in [0, 0.1) is 0 Å². The van der Waals surface area contributed by atoms with Gasteiger partial charge in [0.15, 0.2) is 0 Å². The number of hydrogen-bond acceptors (Lipinski definition) is 6. The lowest BCUT2D eigenvalue weighted by molar-refractivity contribution is -0.136. The average Bonchev–Trinajstić information content (AvgIpc) is 3.29. The molecule has 4 aromatic rings. The summed E-state index contributed by atoms with van der Waals surface area (Å²) in [6, 6.07) is 20.8. The highest BCUT2D eigenvalue weighted by Crippen LogP contribution is 2.34. The Morgan fingerprint density at radius 2 is 1.86 bits per heavy atom. The van der Waals surface area contributed by atoms with Crippen LogP contribution in [0.25, 0.3) is 22.1 Å². The highest BCUT2D eigenvalue weighted by Gasteiger charge is 2.15. The number of amides is 1. The Kier molecular flexibility index (Phi) is 7.32. The van der Waals surface area contributed by atoms with Crippen LogP contribution in [-0.2, 0) is 35.6 Å². The summed E-state index contributed by atoms with van der Waals surface area (Å²) in [6.45, 7) is 0.821. The van der Waals surface area contributed by atoms with Crippen LogP contribution in [-0.4, -0.2) is 24.3 Å². The lowest BCUT2D eigenvalue weighted by Crippen LogP contribution is -2.21. The molecule has 1 amide bonds. The maximum atomic E-state index is 11.5. The number of nitrogens with two attached hydrogens (primary N) is 1. The number of para-hydroxylation sites is 1. The van der Waals surface area contributed by atoms with Gasteiger partial charge in [0.05, 0.1) is 20.1 Å². The Morgan fingerprint density at radius 1 is 1.03 bits per heavy atom. The normalized spacial score (nSPS) is 10.8. The molecule has 8 heteroatoms. The van der Waals surface area contributed by atoms with Crippen molar-refractivity contribution in [2.24, 2.45) is 5.73 Å². The molecule has 0 aliphatic rings. The van der Waals surface area contributed by atoms with Gasteiger partial charge in [-0.05, 0) is 47.0 Å². The first-order valence-electron chi connectivity index (χ1n) is 11.1. The molecule has 0 radical (unpaired) electrons. The van der Waals surface area contributed by atoms with E-state index in [9.17, 15) is 14.7 Å². The minimum absolute atomic E-state index is 0.120. The van der Waals surface area contributed by atoms with E-state index in [0.717, 1.165) is 27.6 Å². The van der Waals surface area contributed by atoms with E-state index in [2.05, 4.69) is 10.1 Å². The number of methoxy groups -OCH3 is 1. The van der Waals surface area contributed by atoms with Crippen LogP contribution in [0.1, 0.15) is 22.5 Å². The van der Waals surface area contributed by atoms with Crippen molar-refractivity contribution in [2.75, 3.05) is 7.11 Å². The molecule has 0 atom stereocenters. The lowest BCUT2D eigenvalue weighted by Gasteiger charge is -2.12. The quantitative estimate of drug-likeness (QED) is 0.323. The number of benzene rings is 3. The van der Waals surface area contributed by atoms with Crippen LogP contribution in [0.5, 0.6) is 5.75 Å². The molecule has 0 aliphatic heterocycles. The molecule has 0 fully saturated rings. The maximum Gasteiger partial charge on any atom is 0.407 e. The van der Waals surface area contributed by atoms with Crippen molar-refractivity contribution in [1.29, 1.82) is 0 Å². The Labute approximate surface area is 202 Å². The van der Waals surface area contributed by atoms with Gasteiger partial charge in [-0.15, -0.1) is 0 Å². The first-order chi connectivity index (χ1) is 17.0. The van der Waals surface area contributed by atoms with Gasteiger partial charge in [0.1, 0.15) is 23.7 Å². The van der Waals surface area contributed by atoms with Crippen LogP contribution >= 0.6 is 0 Å². The summed E-state index contributed by atoms with van der Waals surface area (Å²) in [4.78, 5) is 22.7. The molecule has 0 aliphatic carbocycles. The molecule has 180 valence electrons. The molecular weight excluding hydrogens is 448 g/mol. The monoisotopic (exact) mass is 474 g/mol. The van der Waals surface area contributed by atoms with Crippen molar-refractivity contribution in [3.63, 3.8) is 0 Å². The van der Waals surface area contributed by atoms with E-state index in [4.69, 9.17) is 14.9 Å². The van der Waals surface area contributed by atoms with Gasteiger partial charge in [-0.2, -0.15) is 0 Å². The van der Waals surface area contributed by atoms with E-state index in [0.29, 0.717) is 29.2 Å². The first kappa shape index (κ1) is 23.8. The van der Waals surface area contributed by atoms with E-state index in [1.54, 1.807) is 18.2 Å². The summed E-state index contributed by atoms with van der Waals surface area (Å²) in [5.74, 6) is 0.180. The zero-order valence-electron chi connectivity index (χ0n) is 19.2. The minimum atomic E-state index is -0.920. The summed E-state index contributed by atoms with van der Waals surface area (Å²) in [5.41, 5.74) is 10.8. The number of carbonyl (C=O) groups is 2. The summed E-state index contributed by atoms with van der Waals surface area (Å²) >= 11 is 0. The molecule has 4 N–H and O–H groups in total. The third kappa shape index (κ3) is 5.80. The second kappa shape index (κ2) is 10.8. The highest BCUT2D eigenvalue weighted by molar-refractivity contribution is 5.93. The highest BCUT2D eigenvalue weighted by atomic mass is 16.5. The molecule has 1 aromatic heterocycles. The number of carboxylic acid groups (broad SMARTS) is 1. The summed E-state index contributed by atoms with van der Waals surface area (Å²) in [6.07, 6.45) is -0.666. The van der Waals surface area contributed by atoms with E-state index in [1.165, 1.54) is 7.11 Å². The Balaban J connectivity index is 1.70. The van der Waals surface area contributed by atoms with Crippen molar-refractivity contribution < 1.29 is 28.6 Å². The van der Waals surface area contributed by atoms with Crippen molar-refractivity contribution in [1.82, 2.24) is 5.32 Å². The van der Waals surface area contributed by atoms with Crippen molar-refractivity contribution >= 4 is 23.0 Å². The van der Waals surface area contributed by atoms with Gasteiger partial charge in [0.25, 0.3) is 0 Å². The second-order valence-corrected chi connectivity index (χ2v) is 7.99. The molecule has 4 rings (SSSR count). The summed E-state index contributed by atoms with van der Waals surface area (Å²) in [7, 11) is 1.30. The fraction of sp³-hybridized carbons (Fsp3) is 0.185. The van der Waals surface area contributed by atoms with Crippen LogP contribution in [0.15, 0.2) is 71.1 Å². The standard InChI is InChI=1S/C27H26N2O6/c1-33-27(32)29-15-22-12-21-10-18(16-34-24-8-3-2-6-20(24)13-25(30)31)11-23(26(21)35-22)19-7-4-5-17(9-19)14-28/h2-12H,13-16,28H2,1H3,(H,29,32)(H,30,31). The van der Waals surface area contributed by atoms with E-state index < -0.39 is 12.1 Å². The average molecular weight is 475 g/mol. The number of furan rings is 1. The number of hydrogen-bond donors (Lipinski definition) is 3. The smallest absolute Gasteiger partial charge is 0.407 e.